The monoisotopic (exact) mass is 363 g/mol. The predicted octanol–water partition coefficient (Wildman–Crippen LogP) is 2.14. The first kappa shape index (κ1) is 16.8. The van der Waals surface area contributed by atoms with E-state index in [4.69, 9.17) is 9.47 Å². The maximum atomic E-state index is 12.1. The van der Waals surface area contributed by atoms with Gasteiger partial charge in [-0.25, -0.2) is 0 Å². The highest BCUT2D eigenvalue weighted by molar-refractivity contribution is 5.92. The van der Waals surface area contributed by atoms with Crippen molar-refractivity contribution in [1.82, 2.24) is 20.5 Å². The van der Waals surface area contributed by atoms with E-state index in [-0.39, 0.29) is 18.4 Å². The second-order valence-corrected chi connectivity index (χ2v) is 5.89. The Balaban J connectivity index is 1.31. The van der Waals surface area contributed by atoms with E-state index >= 15 is 0 Å². The number of benzene rings is 1. The number of amides is 1. The highest BCUT2D eigenvalue weighted by Crippen LogP contribution is 2.32. The van der Waals surface area contributed by atoms with Gasteiger partial charge in [0.2, 0.25) is 6.79 Å². The quantitative estimate of drug-likeness (QED) is 0.692. The van der Waals surface area contributed by atoms with Gasteiger partial charge >= 0.3 is 0 Å². The van der Waals surface area contributed by atoms with Crippen LogP contribution >= 0.6 is 0 Å². The molecular formula is C19H17N5O3. The van der Waals surface area contributed by atoms with Crippen molar-refractivity contribution in [1.29, 1.82) is 0 Å². The normalized spacial score (nSPS) is 11.9. The molecule has 1 aliphatic rings. The maximum Gasteiger partial charge on any atom is 0.272 e. The molecule has 1 aromatic carbocycles. The van der Waals surface area contributed by atoms with E-state index in [0.29, 0.717) is 18.9 Å². The highest BCUT2D eigenvalue weighted by Gasteiger charge is 2.13. The minimum absolute atomic E-state index is 0.252. The van der Waals surface area contributed by atoms with Crippen LogP contribution in [0.15, 0.2) is 54.9 Å². The Morgan fingerprint density at radius 1 is 1.00 bits per heavy atom. The van der Waals surface area contributed by atoms with Gasteiger partial charge in [0.1, 0.15) is 5.82 Å². The zero-order valence-electron chi connectivity index (χ0n) is 14.4. The second-order valence-electron chi connectivity index (χ2n) is 5.89. The summed E-state index contributed by atoms with van der Waals surface area (Å²) in [5.74, 6) is 1.78. The molecule has 8 nitrogen and oxygen atoms in total. The summed E-state index contributed by atoms with van der Waals surface area (Å²) in [6.45, 7) is 1.19. The third-order valence-electron chi connectivity index (χ3n) is 3.98. The van der Waals surface area contributed by atoms with Gasteiger partial charge in [-0.2, -0.15) is 0 Å². The largest absolute Gasteiger partial charge is 0.454 e. The molecule has 4 rings (SSSR count). The first-order chi connectivity index (χ1) is 13.3. The molecule has 0 fully saturated rings. The number of nitrogens with one attached hydrogen (secondary N) is 2. The lowest BCUT2D eigenvalue weighted by molar-refractivity contribution is 0.0945. The van der Waals surface area contributed by atoms with Crippen LogP contribution < -0.4 is 20.1 Å². The average molecular weight is 363 g/mol. The zero-order chi connectivity index (χ0) is 18.5. The summed E-state index contributed by atoms with van der Waals surface area (Å²) >= 11 is 0. The predicted molar refractivity (Wildman–Crippen MR) is 97.3 cm³/mol. The molecule has 0 saturated heterocycles. The first-order valence-corrected chi connectivity index (χ1v) is 8.41. The molecule has 0 spiro atoms. The lowest BCUT2D eigenvalue weighted by Crippen LogP contribution is -2.24. The molecule has 3 aromatic rings. The molecule has 8 heteroatoms. The van der Waals surface area contributed by atoms with Crippen molar-refractivity contribution >= 4 is 11.7 Å². The summed E-state index contributed by atoms with van der Waals surface area (Å²) < 4.78 is 10.7. The van der Waals surface area contributed by atoms with Gasteiger partial charge in [0.25, 0.3) is 5.91 Å². The summed E-state index contributed by atoms with van der Waals surface area (Å²) in [5.41, 5.74) is 2.20. The molecule has 2 N–H and O–H groups in total. The third kappa shape index (κ3) is 4.12. The molecule has 2 aromatic heterocycles. The molecule has 136 valence electrons. The van der Waals surface area contributed by atoms with Gasteiger partial charge in [-0.05, 0) is 41.5 Å². The number of hydrogen-bond donors (Lipinski definition) is 2. The summed E-state index contributed by atoms with van der Waals surface area (Å²) in [4.78, 5) is 16.1. The van der Waals surface area contributed by atoms with Gasteiger partial charge in [-0.1, -0.05) is 12.1 Å². The molecule has 3 heterocycles. The molecular weight excluding hydrogens is 346 g/mol. The van der Waals surface area contributed by atoms with Crippen LogP contribution in [-0.2, 0) is 13.1 Å². The van der Waals surface area contributed by atoms with Crippen LogP contribution in [0.5, 0.6) is 11.5 Å². The molecule has 1 amide bonds. The van der Waals surface area contributed by atoms with Crippen molar-refractivity contribution in [2.45, 2.75) is 13.1 Å². The molecule has 27 heavy (non-hydrogen) atoms. The van der Waals surface area contributed by atoms with Gasteiger partial charge < -0.3 is 20.1 Å². The number of aromatic nitrogens is 3. The highest BCUT2D eigenvalue weighted by atomic mass is 16.7. The first-order valence-electron chi connectivity index (χ1n) is 8.41. The van der Waals surface area contributed by atoms with E-state index < -0.39 is 0 Å². The molecule has 0 saturated carbocycles. The van der Waals surface area contributed by atoms with E-state index in [2.05, 4.69) is 25.8 Å². The van der Waals surface area contributed by atoms with Crippen LogP contribution in [0.1, 0.15) is 21.6 Å². The lowest BCUT2D eigenvalue weighted by Gasteiger charge is -2.07. The fraction of sp³-hybridized carbons (Fsp3) is 0.158. The average Bonchev–Trinajstić information content (AvgIpc) is 3.19. The van der Waals surface area contributed by atoms with Crippen molar-refractivity contribution in [2.24, 2.45) is 0 Å². The Morgan fingerprint density at radius 2 is 1.93 bits per heavy atom. The molecule has 1 aliphatic heterocycles. The number of carbonyl (C=O) groups is 1. The van der Waals surface area contributed by atoms with Crippen LogP contribution in [0.4, 0.5) is 5.82 Å². The summed E-state index contributed by atoms with van der Waals surface area (Å²) in [7, 11) is 0. The lowest BCUT2D eigenvalue weighted by atomic mass is 10.2. The zero-order valence-corrected chi connectivity index (χ0v) is 14.4. The summed E-state index contributed by atoms with van der Waals surface area (Å²) in [6, 6.07) is 12.8. The van der Waals surface area contributed by atoms with E-state index in [1.165, 1.54) is 0 Å². The Bertz CT molecular complexity index is 932. The second kappa shape index (κ2) is 7.69. The summed E-state index contributed by atoms with van der Waals surface area (Å²) in [6.07, 6.45) is 3.39. The summed E-state index contributed by atoms with van der Waals surface area (Å²) in [5, 5.41) is 14.0. The Morgan fingerprint density at radius 3 is 2.74 bits per heavy atom. The van der Waals surface area contributed by atoms with Gasteiger partial charge in [0, 0.05) is 25.5 Å². The number of carbonyl (C=O) groups excluding carboxylic acids is 1. The van der Waals surface area contributed by atoms with Crippen LogP contribution in [0, 0.1) is 0 Å². The number of nitrogens with zero attached hydrogens (tertiary/aromatic N) is 3. The van der Waals surface area contributed by atoms with Gasteiger partial charge in [0.05, 0.1) is 0 Å². The number of pyridine rings is 1. The van der Waals surface area contributed by atoms with Crippen LogP contribution in [-0.4, -0.2) is 27.9 Å². The fourth-order valence-electron chi connectivity index (χ4n) is 2.57. The fourth-order valence-corrected chi connectivity index (χ4v) is 2.57. The molecule has 0 aliphatic carbocycles. The van der Waals surface area contributed by atoms with Crippen molar-refractivity contribution in [3.05, 3.63) is 71.7 Å². The molecule has 0 radical (unpaired) electrons. The number of fused-ring (bicyclic) bond motifs is 1. The smallest absolute Gasteiger partial charge is 0.272 e. The van der Waals surface area contributed by atoms with Gasteiger partial charge in [-0.15, -0.1) is 10.2 Å². The third-order valence-corrected chi connectivity index (χ3v) is 3.98. The van der Waals surface area contributed by atoms with E-state index in [1.807, 2.05) is 30.3 Å². The SMILES string of the molecule is O=C(NCc1cccnc1)c1ccc(NCc2ccc3c(c2)OCO3)nn1. The number of hydrogen-bond acceptors (Lipinski definition) is 7. The topological polar surface area (TPSA) is 98.3 Å². The van der Waals surface area contributed by atoms with E-state index in [0.717, 1.165) is 22.6 Å². The number of rotatable bonds is 6. The van der Waals surface area contributed by atoms with Crippen molar-refractivity contribution in [2.75, 3.05) is 12.1 Å². The van der Waals surface area contributed by atoms with E-state index in [1.54, 1.807) is 24.5 Å². The van der Waals surface area contributed by atoms with Crippen molar-refractivity contribution in [3.8, 4) is 11.5 Å². The Hall–Kier alpha value is -3.68. The number of anilines is 1. The van der Waals surface area contributed by atoms with Gasteiger partial charge in [0.15, 0.2) is 17.2 Å². The number of ether oxygens (including phenoxy) is 2. The minimum atomic E-state index is -0.284. The molecule has 0 unspecified atom stereocenters. The molecule has 0 bridgehead atoms. The van der Waals surface area contributed by atoms with Crippen LogP contribution in [0.3, 0.4) is 0 Å². The van der Waals surface area contributed by atoms with Gasteiger partial charge in [-0.3, -0.25) is 9.78 Å². The van der Waals surface area contributed by atoms with E-state index in [9.17, 15) is 4.79 Å². The standard InChI is InChI=1S/C19H17N5O3/c25-19(22-11-14-2-1-7-20-9-14)15-4-6-18(24-23-15)21-10-13-3-5-16-17(8-13)27-12-26-16/h1-9H,10-12H2,(H,21,24)(H,22,25). The van der Waals surface area contributed by atoms with Crippen molar-refractivity contribution in [3.63, 3.8) is 0 Å². The molecule has 0 atom stereocenters. The minimum Gasteiger partial charge on any atom is -0.454 e. The van der Waals surface area contributed by atoms with Crippen molar-refractivity contribution < 1.29 is 14.3 Å². The Labute approximate surface area is 155 Å². The van der Waals surface area contributed by atoms with Crippen LogP contribution in [0.25, 0.3) is 0 Å². The Kier molecular flexibility index (Phi) is 4.78. The maximum absolute atomic E-state index is 12.1. The van der Waals surface area contributed by atoms with Crippen LogP contribution in [0.2, 0.25) is 0 Å².